The van der Waals surface area contributed by atoms with Crippen LogP contribution in [0, 0.1) is 16.0 Å². The number of nitrogens with zero attached hydrogens (tertiary/aromatic N) is 1. The minimum absolute atomic E-state index is 0.0160. The first kappa shape index (κ1) is 17.4. The van der Waals surface area contributed by atoms with Gasteiger partial charge >= 0.3 is 0 Å². The molecule has 2 aromatic carbocycles. The minimum atomic E-state index is -0.455. The van der Waals surface area contributed by atoms with Crippen molar-refractivity contribution in [3.05, 3.63) is 69.8 Å². The smallest absolute Gasteiger partial charge is 0.270 e. The van der Waals surface area contributed by atoms with Crippen LogP contribution < -0.4 is 5.32 Å². The van der Waals surface area contributed by atoms with Crippen LogP contribution in [0.3, 0.4) is 0 Å². The molecule has 132 valence electrons. The molecule has 0 unspecified atom stereocenters. The number of benzene rings is 2. The first-order chi connectivity index (χ1) is 12.1. The molecule has 0 spiro atoms. The van der Waals surface area contributed by atoms with Crippen LogP contribution in [0.25, 0.3) is 0 Å². The Balaban J connectivity index is 1.62. The number of non-ortho nitro benzene ring substituents is 1. The number of phenols is 1. The molecule has 3 rings (SSSR count). The maximum Gasteiger partial charge on any atom is 0.270 e. The van der Waals surface area contributed by atoms with E-state index in [0.29, 0.717) is 18.0 Å². The Kier molecular flexibility index (Phi) is 5.63. The molecule has 2 aromatic rings. The SMILES string of the molecule is O=[N+]([O-])c1ccc(O)c(CNC[C@H]2CCCO[C@@H]2c2ccccc2)c1. The van der Waals surface area contributed by atoms with Crippen molar-refractivity contribution in [1.82, 2.24) is 5.32 Å². The van der Waals surface area contributed by atoms with E-state index in [2.05, 4.69) is 17.4 Å². The van der Waals surface area contributed by atoms with Crippen molar-refractivity contribution in [2.45, 2.75) is 25.5 Å². The fourth-order valence-electron chi connectivity index (χ4n) is 3.28. The van der Waals surface area contributed by atoms with E-state index in [9.17, 15) is 15.2 Å². The molecule has 6 nitrogen and oxygen atoms in total. The van der Waals surface area contributed by atoms with E-state index in [-0.39, 0.29) is 17.5 Å². The van der Waals surface area contributed by atoms with Crippen LogP contribution in [0.5, 0.6) is 5.75 Å². The summed E-state index contributed by atoms with van der Waals surface area (Å²) in [6.07, 6.45) is 2.15. The number of rotatable bonds is 6. The minimum Gasteiger partial charge on any atom is -0.508 e. The lowest BCUT2D eigenvalue weighted by Gasteiger charge is -2.32. The maximum absolute atomic E-state index is 10.9. The molecule has 0 saturated carbocycles. The third kappa shape index (κ3) is 4.35. The molecule has 1 fully saturated rings. The Morgan fingerprint density at radius 2 is 2.04 bits per heavy atom. The van der Waals surface area contributed by atoms with E-state index in [1.165, 1.54) is 23.8 Å². The molecular weight excluding hydrogens is 320 g/mol. The van der Waals surface area contributed by atoms with Gasteiger partial charge in [-0.1, -0.05) is 30.3 Å². The summed E-state index contributed by atoms with van der Waals surface area (Å²) >= 11 is 0. The van der Waals surface area contributed by atoms with Gasteiger partial charge in [-0.3, -0.25) is 10.1 Å². The number of nitrogens with one attached hydrogen (secondary N) is 1. The zero-order valence-corrected chi connectivity index (χ0v) is 13.9. The van der Waals surface area contributed by atoms with Crippen LogP contribution in [0.15, 0.2) is 48.5 Å². The van der Waals surface area contributed by atoms with Gasteiger partial charge in [-0.2, -0.15) is 0 Å². The van der Waals surface area contributed by atoms with Crippen molar-refractivity contribution in [2.24, 2.45) is 5.92 Å². The van der Waals surface area contributed by atoms with Gasteiger partial charge in [0.05, 0.1) is 11.0 Å². The number of aromatic hydroxyl groups is 1. The van der Waals surface area contributed by atoms with Gasteiger partial charge in [0.1, 0.15) is 5.75 Å². The number of nitro benzene ring substituents is 1. The van der Waals surface area contributed by atoms with E-state index in [1.807, 2.05) is 18.2 Å². The van der Waals surface area contributed by atoms with E-state index in [1.54, 1.807) is 0 Å². The Morgan fingerprint density at radius 1 is 1.24 bits per heavy atom. The van der Waals surface area contributed by atoms with Crippen molar-refractivity contribution in [3.8, 4) is 5.75 Å². The molecule has 0 aromatic heterocycles. The van der Waals surface area contributed by atoms with E-state index in [0.717, 1.165) is 26.0 Å². The molecule has 0 bridgehead atoms. The lowest BCUT2D eigenvalue weighted by atomic mass is 9.89. The Bertz CT molecular complexity index is 721. The Hall–Kier alpha value is -2.44. The third-order valence-electron chi connectivity index (χ3n) is 4.57. The Morgan fingerprint density at radius 3 is 2.80 bits per heavy atom. The van der Waals surface area contributed by atoms with Crippen LogP contribution in [0.1, 0.15) is 30.1 Å². The molecule has 1 aliphatic heterocycles. The molecule has 1 aliphatic rings. The highest BCUT2D eigenvalue weighted by Gasteiger charge is 2.27. The molecule has 1 saturated heterocycles. The number of phenolic OH excluding ortho intramolecular Hbond substituents is 1. The highest BCUT2D eigenvalue weighted by molar-refractivity contribution is 5.42. The summed E-state index contributed by atoms with van der Waals surface area (Å²) in [4.78, 5) is 10.4. The summed E-state index contributed by atoms with van der Waals surface area (Å²) < 4.78 is 5.97. The normalized spacial score (nSPS) is 20.3. The van der Waals surface area contributed by atoms with Gasteiger partial charge < -0.3 is 15.2 Å². The number of nitro groups is 1. The fraction of sp³-hybridized carbons (Fsp3) is 0.368. The van der Waals surface area contributed by atoms with Gasteiger partial charge in [0.25, 0.3) is 5.69 Å². The first-order valence-electron chi connectivity index (χ1n) is 8.48. The zero-order valence-electron chi connectivity index (χ0n) is 13.9. The molecule has 6 heteroatoms. The van der Waals surface area contributed by atoms with Gasteiger partial charge in [0.2, 0.25) is 0 Å². The average molecular weight is 342 g/mol. The second-order valence-electron chi connectivity index (χ2n) is 6.31. The Labute approximate surface area is 146 Å². The van der Waals surface area contributed by atoms with Crippen molar-refractivity contribution in [3.63, 3.8) is 0 Å². The van der Waals surface area contributed by atoms with Crippen LogP contribution in [0.2, 0.25) is 0 Å². The van der Waals surface area contributed by atoms with Crippen LogP contribution in [0.4, 0.5) is 5.69 Å². The summed E-state index contributed by atoms with van der Waals surface area (Å²) in [5, 5.41) is 24.1. The molecule has 2 atom stereocenters. The maximum atomic E-state index is 10.9. The second kappa shape index (κ2) is 8.09. The van der Waals surface area contributed by atoms with Crippen molar-refractivity contribution >= 4 is 5.69 Å². The van der Waals surface area contributed by atoms with Crippen LogP contribution in [-0.2, 0) is 11.3 Å². The molecular formula is C19H22N2O4. The highest BCUT2D eigenvalue weighted by Crippen LogP contribution is 2.33. The third-order valence-corrected chi connectivity index (χ3v) is 4.57. The summed E-state index contributed by atoms with van der Waals surface area (Å²) in [6, 6.07) is 14.3. The molecule has 0 aliphatic carbocycles. The fourth-order valence-corrected chi connectivity index (χ4v) is 3.28. The zero-order chi connectivity index (χ0) is 17.6. The van der Waals surface area contributed by atoms with Crippen molar-refractivity contribution in [1.29, 1.82) is 0 Å². The van der Waals surface area contributed by atoms with Gasteiger partial charge in [-0.15, -0.1) is 0 Å². The second-order valence-corrected chi connectivity index (χ2v) is 6.31. The molecule has 0 amide bonds. The van der Waals surface area contributed by atoms with Crippen molar-refractivity contribution < 1.29 is 14.8 Å². The van der Waals surface area contributed by atoms with Gasteiger partial charge in [-0.25, -0.2) is 0 Å². The summed E-state index contributed by atoms with van der Waals surface area (Å²) in [6.45, 7) is 1.87. The van der Waals surface area contributed by atoms with E-state index < -0.39 is 4.92 Å². The van der Waals surface area contributed by atoms with Gasteiger partial charge in [-0.05, 0) is 24.5 Å². The lowest BCUT2D eigenvalue weighted by molar-refractivity contribution is -0.384. The van der Waals surface area contributed by atoms with E-state index in [4.69, 9.17) is 4.74 Å². The summed E-state index contributed by atoms with van der Waals surface area (Å²) in [7, 11) is 0. The van der Waals surface area contributed by atoms with Crippen molar-refractivity contribution in [2.75, 3.05) is 13.2 Å². The predicted octanol–water partition coefficient (Wildman–Crippen LogP) is 3.56. The molecule has 1 heterocycles. The topological polar surface area (TPSA) is 84.6 Å². The monoisotopic (exact) mass is 342 g/mol. The first-order valence-corrected chi connectivity index (χ1v) is 8.48. The lowest BCUT2D eigenvalue weighted by Crippen LogP contribution is -2.31. The molecule has 2 N–H and O–H groups in total. The standard InChI is InChI=1S/C19H22N2O4/c22-18-9-8-17(21(23)24)11-16(18)13-20-12-15-7-4-10-25-19(15)14-5-2-1-3-6-14/h1-3,5-6,8-9,11,15,19-20,22H,4,7,10,12-13H2/t15-,19-/m1/s1. The number of hydrogen-bond acceptors (Lipinski definition) is 5. The van der Waals surface area contributed by atoms with Crippen LogP contribution >= 0.6 is 0 Å². The summed E-state index contributed by atoms with van der Waals surface area (Å²) in [5.41, 5.74) is 1.69. The predicted molar refractivity (Wildman–Crippen MR) is 94.3 cm³/mol. The van der Waals surface area contributed by atoms with Gasteiger partial charge in [0, 0.05) is 43.3 Å². The largest absolute Gasteiger partial charge is 0.508 e. The molecule has 0 radical (unpaired) electrons. The molecule has 25 heavy (non-hydrogen) atoms. The number of hydrogen-bond donors (Lipinski definition) is 2. The summed E-state index contributed by atoms with van der Waals surface area (Å²) in [5.74, 6) is 0.398. The quantitative estimate of drug-likeness (QED) is 0.619. The average Bonchev–Trinajstić information content (AvgIpc) is 2.64. The number of ether oxygens (including phenoxy) is 1. The van der Waals surface area contributed by atoms with Crippen LogP contribution in [-0.4, -0.2) is 23.2 Å². The van der Waals surface area contributed by atoms with Gasteiger partial charge in [0.15, 0.2) is 0 Å². The van der Waals surface area contributed by atoms with E-state index >= 15 is 0 Å². The highest BCUT2D eigenvalue weighted by atomic mass is 16.6.